The summed E-state index contributed by atoms with van der Waals surface area (Å²) in [7, 11) is 0. The number of benzene rings is 1. The summed E-state index contributed by atoms with van der Waals surface area (Å²) in [5, 5.41) is 4.73. The van der Waals surface area contributed by atoms with Crippen LogP contribution >= 0.6 is 11.6 Å². The number of carbonyl (C=O) groups is 1. The van der Waals surface area contributed by atoms with Gasteiger partial charge >= 0.3 is 0 Å². The lowest BCUT2D eigenvalue weighted by Gasteiger charge is -2.22. The summed E-state index contributed by atoms with van der Waals surface area (Å²) in [6, 6.07) is 7.30. The molecular formula is C20H24ClN3O2. The van der Waals surface area contributed by atoms with E-state index >= 15 is 0 Å². The van der Waals surface area contributed by atoms with Gasteiger partial charge in [-0.25, -0.2) is 0 Å². The van der Waals surface area contributed by atoms with E-state index in [2.05, 4.69) is 10.1 Å². The minimum atomic E-state index is -0.0912. The fourth-order valence-electron chi connectivity index (χ4n) is 4.21. The van der Waals surface area contributed by atoms with Crippen molar-refractivity contribution in [2.24, 2.45) is 5.92 Å². The zero-order valence-electron chi connectivity index (χ0n) is 14.9. The molecule has 1 aromatic heterocycles. The van der Waals surface area contributed by atoms with Crippen LogP contribution in [0, 0.1) is 5.92 Å². The number of aromatic nitrogens is 2. The van der Waals surface area contributed by atoms with E-state index in [0.29, 0.717) is 23.2 Å². The van der Waals surface area contributed by atoms with Gasteiger partial charge in [0, 0.05) is 23.6 Å². The Morgan fingerprint density at radius 1 is 1.23 bits per heavy atom. The predicted octanol–water partition coefficient (Wildman–Crippen LogP) is 5.02. The Bertz CT molecular complexity index is 770. The average Bonchev–Trinajstić information content (AvgIpc) is 3.40. The number of hydrogen-bond donors (Lipinski definition) is 0. The molecular weight excluding hydrogens is 350 g/mol. The van der Waals surface area contributed by atoms with Crippen LogP contribution in [-0.2, 0) is 4.79 Å². The maximum absolute atomic E-state index is 12.7. The third-order valence-electron chi connectivity index (χ3n) is 5.62. The molecule has 2 heterocycles. The van der Waals surface area contributed by atoms with E-state index in [4.69, 9.17) is 16.1 Å². The highest BCUT2D eigenvalue weighted by Crippen LogP contribution is 2.34. The quantitative estimate of drug-likeness (QED) is 0.737. The second-order valence-corrected chi connectivity index (χ2v) is 7.84. The fraction of sp³-hybridized carbons (Fsp3) is 0.550. The van der Waals surface area contributed by atoms with E-state index in [9.17, 15) is 4.79 Å². The smallest absolute Gasteiger partial charge is 0.249 e. The molecule has 1 aliphatic heterocycles. The lowest BCUT2D eigenvalue weighted by atomic mass is 10.0. The van der Waals surface area contributed by atoms with E-state index in [1.165, 1.54) is 25.7 Å². The Morgan fingerprint density at radius 2 is 2.08 bits per heavy atom. The van der Waals surface area contributed by atoms with Crippen LogP contribution in [0.25, 0.3) is 11.4 Å². The summed E-state index contributed by atoms with van der Waals surface area (Å²) in [6.45, 7) is 0.781. The lowest BCUT2D eigenvalue weighted by Crippen LogP contribution is -2.30. The second kappa shape index (κ2) is 7.78. The maximum Gasteiger partial charge on any atom is 0.249 e. The SMILES string of the molecule is O=C(CCC1CCCC1)N1CCCC1c1nc(-c2cccc(Cl)c2)no1. The first kappa shape index (κ1) is 17.5. The first-order valence-corrected chi connectivity index (χ1v) is 9.97. The van der Waals surface area contributed by atoms with Crippen LogP contribution < -0.4 is 0 Å². The van der Waals surface area contributed by atoms with E-state index in [1.807, 2.05) is 29.2 Å². The standard InChI is InChI=1S/C20H24ClN3O2/c21-16-8-3-7-15(13-16)19-22-20(26-23-19)17-9-4-12-24(17)18(25)11-10-14-5-1-2-6-14/h3,7-8,13-14,17H,1-2,4-6,9-12H2. The van der Waals surface area contributed by atoms with Gasteiger partial charge in [0.1, 0.15) is 6.04 Å². The van der Waals surface area contributed by atoms with Gasteiger partial charge in [-0.15, -0.1) is 0 Å². The molecule has 1 aromatic carbocycles. The maximum atomic E-state index is 12.7. The van der Waals surface area contributed by atoms with Crippen molar-refractivity contribution in [3.63, 3.8) is 0 Å². The van der Waals surface area contributed by atoms with E-state index in [0.717, 1.165) is 37.3 Å². The van der Waals surface area contributed by atoms with E-state index in [1.54, 1.807) is 0 Å². The van der Waals surface area contributed by atoms with Crippen molar-refractivity contribution in [1.82, 2.24) is 15.0 Å². The molecule has 0 radical (unpaired) electrons. The molecule has 1 saturated heterocycles. The van der Waals surface area contributed by atoms with Gasteiger partial charge in [-0.3, -0.25) is 4.79 Å². The van der Waals surface area contributed by atoms with Gasteiger partial charge in [-0.05, 0) is 37.3 Å². The summed E-state index contributed by atoms with van der Waals surface area (Å²) in [5.74, 6) is 2.01. The van der Waals surface area contributed by atoms with Gasteiger partial charge < -0.3 is 9.42 Å². The Morgan fingerprint density at radius 3 is 2.88 bits per heavy atom. The summed E-state index contributed by atoms with van der Waals surface area (Å²) in [6.07, 6.45) is 8.71. The molecule has 2 aromatic rings. The van der Waals surface area contributed by atoms with Crippen molar-refractivity contribution >= 4 is 17.5 Å². The van der Waals surface area contributed by atoms with Gasteiger partial charge in [0.25, 0.3) is 0 Å². The van der Waals surface area contributed by atoms with Crippen LogP contribution in [0.2, 0.25) is 5.02 Å². The molecule has 1 saturated carbocycles. The molecule has 2 aliphatic rings. The molecule has 1 unspecified atom stereocenters. The van der Waals surface area contributed by atoms with Gasteiger partial charge in [-0.1, -0.05) is 54.6 Å². The third kappa shape index (κ3) is 3.78. The monoisotopic (exact) mass is 373 g/mol. The molecule has 138 valence electrons. The molecule has 4 rings (SSSR count). The number of amides is 1. The molecule has 26 heavy (non-hydrogen) atoms. The zero-order chi connectivity index (χ0) is 17.9. The van der Waals surface area contributed by atoms with Crippen molar-refractivity contribution in [3.8, 4) is 11.4 Å². The van der Waals surface area contributed by atoms with Gasteiger partial charge in [-0.2, -0.15) is 4.98 Å². The second-order valence-electron chi connectivity index (χ2n) is 7.40. The van der Waals surface area contributed by atoms with E-state index in [-0.39, 0.29) is 11.9 Å². The molecule has 5 nitrogen and oxygen atoms in total. The lowest BCUT2D eigenvalue weighted by molar-refractivity contribution is -0.132. The number of likely N-dealkylation sites (tertiary alicyclic amines) is 1. The molecule has 1 aliphatic carbocycles. The number of halogens is 1. The Balaban J connectivity index is 1.43. The highest BCUT2D eigenvalue weighted by molar-refractivity contribution is 6.30. The van der Waals surface area contributed by atoms with E-state index < -0.39 is 0 Å². The molecule has 6 heteroatoms. The summed E-state index contributed by atoms with van der Waals surface area (Å²) in [4.78, 5) is 19.2. The van der Waals surface area contributed by atoms with Crippen LogP contribution in [0.5, 0.6) is 0 Å². The van der Waals surface area contributed by atoms with Crippen molar-refractivity contribution < 1.29 is 9.32 Å². The summed E-state index contributed by atoms with van der Waals surface area (Å²) in [5.41, 5.74) is 0.824. The highest BCUT2D eigenvalue weighted by atomic mass is 35.5. The molecule has 1 amide bonds. The Kier molecular flexibility index (Phi) is 5.25. The molecule has 2 fully saturated rings. The third-order valence-corrected chi connectivity index (χ3v) is 5.86. The van der Waals surface area contributed by atoms with Gasteiger partial charge in [0.2, 0.25) is 17.6 Å². The average molecular weight is 374 g/mol. The molecule has 0 spiro atoms. The number of carbonyl (C=O) groups excluding carboxylic acids is 1. The van der Waals surface area contributed by atoms with Crippen LogP contribution in [-0.4, -0.2) is 27.5 Å². The van der Waals surface area contributed by atoms with Crippen molar-refractivity contribution in [3.05, 3.63) is 35.2 Å². The minimum Gasteiger partial charge on any atom is -0.337 e. The van der Waals surface area contributed by atoms with Crippen molar-refractivity contribution in [2.45, 2.75) is 57.4 Å². The number of rotatable bonds is 5. The predicted molar refractivity (Wildman–Crippen MR) is 99.6 cm³/mol. The summed E-state index contributed by atoms with van der Waals surface area (Å²) < 4.78 is 5.50. The normalized spacial score (nSPS) is 20.8. The number of hydrogen-bond acceptors (Lipinski definition) is 4. The highest BCUT2D eigenvalue weighted by Gasteiger charge is 2.34. The first-order chi connectivity index (χ1) is 12.7. The fourth-order valence-corrected chi connectivity index (χ4v) is 4.40. The van der Waals surface area contributed by atoms with Crippen LogP contribution in [0.3, 0.4) is 0 Å². The first-order valence-electron chi connectivity index (χ1n) is 9.60. The van der Waals surface area contributed by atoms with Gasteiger partial charge in [0.15, 0.2) is 0 Å². The van der Waals surface area contributed by atoms with Crippen molar-refractivity contribution in [1.29, 1.82) is 0 Å². The topological polar surface area (TPSA) is 59.2 Å². The summed E-state index contributed by atoms with van der Waals surface area (Å²) >= 11 is 6.04. The Labute approximate surface area is 158 Å². The van der Waals surface area contributed by atoms with Crippen LogP contribution in [0.15, 0.2) is 28.8 Å². The largest absolute Gasteiger partial charge is 0.337 e. The molecule has 0 N–H and O–H groups in total. The van der Waals surface area contributed by atoms with Crippen LogP contribution in [0.1, 0.15) is 63.3 Å². The molecule has 1 atom stereocenters. The zero-order valence-corrected chi connectivity index (χ0v) is 15.6. The Hall–Kier alpha value is -1.88. The number of nitrogens with zero attached hydrogens (tertiary/aromatic N) is 3. The molecule has 0 bridgehead atoms. The van der Waals surface area contributed by atoms with Crippen LogP contribution in [0.4, 0.5) is 0 Å². The minimum absolute atomic E-state index is 0.0912. The van der Waals surface area contributed by atoms with Crippen molar-refractivity contribution in [2.75, 3.05) is 6.54 Å². The van der Waals surface area contributed by atoms with Gasteiger partial charge in [0.05, 0.1) is 0 Å².